The van der Waals surface area contributed by atoms with E-state index in [4.69, 9.17) is 11.6 Å². The first kappa shape index (κ1) is 4.53. The third-order valence-electron chi connectivity index (χ3n) is 0.608. The van der Waals surface area contributed by atoms with Gasteiger partial charge in [-0.15, -0.1) is 11.2 Å². The highest BCUT2D eigenvalue weighted by molar-refractivity contribution is 6.31. The van der Waals surface area contributed by atoms with E-state index in [-0.39, 0.29) is 0 Å². The van der Waals surface area contributed by atoms with Crippen molar-refractivity contribution in [3.8, 4) is 0 Å². The third kappa shape index (κ3) is 0.871. The van der Waals surface area contributed by atoms with Crippen LogP contribution in [0.15, 0.2) is 11.2 Å². The van der Waals surface area contributed by atoms with Crippen LogP contribution in [0.25, 0.3) is 5.43 Å². The molecule has 0 aliphatic carbocycles. The molecule has 0 saturated carbocycles. The summed E-state index contributed by atoms with van der Waals surface area (Å²) in [4.78, 5) is 0. The summed E-state index contributed by atoms with van der Waals surface area (Å²) in [5.74, 6) is 0. The highest BCUT2D eigenvalue weighted by Gasteiger charge is 1.85. The molecule has 3 heteroatoms. The quantitative estimate of drug-likeness (QED) is 0.257. The number of nitrogens with zero attached hydrogens (tertiary/aromatic N) is 2. The first-order valence-electron chi connectivity index (χ1n) is 1.81. The van der Waals surface area contributed by atoms with E-state index in [1.165, 1.54) is 4.68 Å². The Hall–Kier alpha value is -0.630. The minimum atomic E-state index is 0.481. The van der Waals surface area contributed by atoms with E-state index in [2.05, 4.69) is 12.1 Å². The van der Waals surface area contributed by atoms with Crippen molar-refractivity contribution < 1.29 is 4.68 Å². The lowest BCUT2D eigenvalue weighted by molar-refractivity contribution is -0.405. The van der Waals surface area contributed by atoms with Gasteiger partial charge in [-0.1, -0.05) is 0 Å². The molecule has 0 radical (unpaired) electrons. The van der Waals surface area contributed by atoms with E-state index in [0.717, 1.165) is 0 Å². The van der Waals surface area contributed by atoms with E-state index in [1.807, 2.05) is 0 Å². The molecule has 38 valence electrons. The number of rotatable bonds is 0. The maximum absolute atomic E-state index is 5.39. The molecule has 1 heterocycles. The van der Waals surface area contributed by atoms with Gasteiger partial charge in [-0.3, -0.25) is 0 Å². The van der Waals surface area contributed by atoms with E-state index in [9.17, 15) is 0 Å². The van der Waals surface area contributed by atoms with Crippen molar-refractivity contribution in [2.45, 2.75) is 0 Å². The Morgan fingerprint density at radius 1 is 2.00 bits per heavy atom. The van der Waals surface area contributed by atoms with Crippen molar-refractivity contribution >= 4 is 18.3 Å². The molecule has 0 amide bonds. The Kier molecular flexibility index (Phi) is 0.947. The van der Waals surface area contributed by atoms with Gasteiger partial charge in [-0.05, 0) is 0 Å². The fourth-order valence-corrected chi connectivity index (χ4v) is 0.490. The van der Waals surface area contributed by atoms with Crippen molar-refractivity contribution in [2.24, 2.45) is 0 Å². The van der Waals surface area contributed by atoms with Crippen molar-refractivity contribution in [1.29, 1.82) is 0 Å². The molecule has 0 fully saturated rings. The highest BCUT2D eigenvalue weighted by Crippen LogP contribution is 2.18. The van der Waals surface area contributed by atoms with Crippen LogP contribution in [0.3, 0.4) is 0 Å². The average Bonchev–Trinajstić information content (AvgIpc) is 1.87. The summed E-state index contributed by atoms with van der Waals surface area (Å²) in [6, 6.07) is 0. The topological polar surface area (TPSA) is 17.1 Å². The molecule has 0 spiro atoms. The number of hydrogen-bond donors (Lipinski definition) is 0. The lowest BCUT2D eigenvalue weighted by Crippen LogP contribution is -1.87. The zero-order valence-electron chi connectivity index (χ0n) is 3.63. The van der Waals surface area contributed by atoms with Gasteiger partial charge in [-0.25, -0.2) is 0 Å². The Balaban J connectivity index is 2.58. The van der Waals surface area contributed by atoms with Crippen LogP contribution in [-0.4, -0.2) is 11.4 Å². The predicted octanol–water partition coefficient (Wildman–Crippen LogP) is 1.24. The van der Waals surface area contributed by atoms with Crippen LogP contribution in [0.2, 0.25) is 0 Å². The van der Waals surface area contributed by atoms with Gasteiger partial charge in [0.2, 0.25) is 0 Å². The van der Waals surface area contributed by atoms with Crippen molar-refractivity contribution in [3.05, 3.63) is 23.2 Å². The molecular formula is C4H4ClN2-. The lowest BCUT2D eigenvalue weighted by Gasteiger charge is -2.11. The summed E-state index contributed by atoms with van der Waals surface area (Å²) in [5.41, 5.74) is 3.68. The zero-order valence-corrected chi connectivity index (χ0v) is 4.39. The highest BCUT2D eigenvalue weighted by atomic mass is 35.5. The molecule has 0 atom stereocenters. The summed E-state index contributed by atoms with van der Waals surface area (Å²) in [7, 11) is 0. The molecule has 0 unspecified atom stereocenters. The summed E-state index contributed by atoms with van der Waals surface area (Å²) in [6.07, 6.45) is 1.68. The Morgan fingerprint density at radius 3 is 2.86 bits per heavy atom. The first-order valence-corrected chi connectivity index (χ1v) is 2.19. The minimum absolute atomic E-state index is 0.481. The summed E-state index contributed by atoms with van der Waals surface area (Å²) in [5, 5.41) is 0.481. The third-order valence-corrected chi connectivity index (χ3v) is 0.810. The number of hydrogen-bond acceptors (Lipinski definition) is 0. The fourth-order valence-electron chi connectivity index (χ4n) is 0.337. The second-order valence-corrected chi connectivity index (χ2v) is 1.57. The van der Waals surface area contributed by atoms with Gasteiger partial charge >= 0.3 is 0 Å². The Labute approximate surface area is 47.1 Å². The van der Waals surface area contributed by atoms with Crippen LogP contribution in [0, 0.1) is 6.54 Å². The number of halogens is 1. The largest absolute Gasteiger partial charge is 0.477 e. The molecule has 1 aliphatic heterocycles. The maximum atomic E-state index is 5.39. The minimum Gasteiger partial charge on any atom is -0.477 e. The molecule has 0 aromatic rings. The first-order chi connectivity index (χ1) is 3.29. The van der Waals surface area contributed by atoms with Crippen LogP contribution in [-0.2, 0) is 0 Å². The molecule has 1 aliphatic rings. The van der Waals surface area contributed by atoms with Gasteiger partial charge in [0.15, 0.2) is 0 Å². The van der Waals surface area contributed by atoms with Gasteiger partial charge in [0.25, 0.3) is 0 Å². The molecule has 2 nitrogen and oxygen atoms in total. The summed E-state index contributed by atoms with van der Waals surface area (Å²) in [6.45, 7) is 5.15. The molecule has 0 aromatic heterocycles. The monoisotopic (exact) mass is 115 g/mol. The second-order valence-electron chi connectivity index (χ2n) is 1.18. The molecular weight excluding hydrogens is 112 g/mol. The molecule has 0 saturated heterocycles. The van der Waals surface area contributed by atoms with Gasteiger partial charge in [-0.2, -0.15) is 11.6 Å². The SMILES string of the molecule is C=[N+]1[CH-]C=C(Cl)[N-]1. The van der Waals surface area contributed by atoms with Crippen LogP contribution in [0.5, 0.6) is 0 Å². The second kappa shape index (κ2) is 1.46. The van der Waals surface area contributed by atoms with Crippen molar-refractivity contribution in [3.63, 3.8) is 0 Å². The normalized spacial score (nSPS) is 17.9. The van der Waals surface area contributed by atoms with Crippen molar-refractivity contribution in [2.75, 3.05) is 0 Å². The van der Waals surface area contributed by atoms with Crippen LogP contribution in [0.1, 0.15) is 0 Å². The van der Waals surface area contributed by atoms with E-state index in [1.54, 1.807) is 12.6 Å². The maximum Gasteiger partial charge on any atom is 0.0575 e. The van der Waals surface area contributed by atoms with Crippen molar-refractivity contribution in [1.82, 2.24) is 0 Å². The van der Waals surface area contributed by atoms with Crippen LogP contribution >= 0.6 is 11.6 Å². The standard InChI is InChI=1S/C4H4ClN2/c1-7-3-2-4(5)6-7/h2-3H,1H2/q-1. The Morgan fingerprint density at radius 2 is 2.71 bits per heavy atom. The lowest BCUT2D eigenvalue weighted by atomic mass is 10.6. The van der Waals surface area contributed by atoms with Gasteiger partial charge < -0.3 is 10.1 Å². The molecule has 0 bridgehead atoms. The van der Waals surface area contributed by atoms with Gasteiger partial charge in [0.1, 0.15) is 0 Å². The van der Waals surface area contributed by atoms with E-state index < -0.39 is 0 Å². The summed E-state index contributed by atoms with van der Waals surface area (Å²) >= 11 is 5.39. The van der Waals surface area contributed by atoms with Gasteiger partial charge in [0, 0.05) is 6.72 Å². The molecule has 7 heavy (non-hydrogen) atoms. The fraction of sp³-hybridized carbons (Fsp3) is 0. The smallest absolute Gasteiger partial charge is 0.0575 e. The average molecular weight is 116 g/mol. The summed E-state index contributed by atoms with van der Waals surface area (Å²) < 4.78 is 1.41. The molecule has 0 aromatic carbocycles. The van der Waals surface area contributed by atoms with E-state index >= 15 is 0 Å². The van der Waals surface area contributed by atoms with Crippen LogP contribution < -0.4 is 0 Å². The van der Waals surface area contributed by atoms with Gasteiger partial charge in [0.05, 0.1) is 6.54 Å². The predicted molar refractivity (Wildman–Crippen MR) is 29.0 cm³/mol. The molecule has 0 N–H and O–H groups in total. The Bertz CT molecular complexity index is 128. The van der Waals surface area contributed by atoms with E-state index in [0.29, 0.717) is 5.16 Å². The van der Waals surface area contributed by atoms with Crippen LogP contribution in [0.4, 0.5) is 0 Å². The molecule has 1 rings (SSSR count). The zero-order chi connectivity index (χ0) is 5.28.